The van der Waals surface area contributed by atoms with Crippen molar-refractivity contribution in [2.75, 3.05) is 19.7 Å². The molecule has 0 bridgehead atoms. The summed E-state index contributed by atoms with van der Waals surface area (Å²) in [5.74, 6) is -0.873. The third-order valence-electron chi connectivity index (χ3n) is 5.99. The van der Waals surface area contributed by atoms with Crippen LogP contribution in [0.5, 0.6) is 0 Å². The first-order chi connectivity index (χ1) is 14.1. The fraction of sp³-hybridized carbons (Fsp3) is 0.318. The summed E-state index contributed by atoms with van der Waals surface area (Å²) < 4.78 is 6.20. The van der Waals surface area contributed by atoms with Gasteiger partial charge >= 0.3 is 5.97 Å². The second-order valence-electron chi connectivity index (χ2n) is 7.54. The molecule has 1 spiro atoms. The normalized spacial score (nSPS) is 18.0. The molecule has 4 heterocycles. The van der Waals surface area contributed by atoms with E-state index in [0.29, 0.717) is 43.0 Å². The number of likely N-dealkylation sites (tertiary alicyclic amines) is 1. The number of carboxylic acid groups (broad SMARTS) is 1. The number of rotatable bonds is 2. The van der Waals surface area contributed by atoms with E-state index in [1.54, 1.807) is 18.5 Å². The van der Waals surface area contributed by atoms with Crippen LogP contribution < -0.4 is 0 Å². The van der Waals surface area contributed by atoms with E-state index in [0.717, 1.165) is 27.6 Å². The third kappa shape index (κ3) is 3.01. The van der Waals surface area contributed by atoms with Gasteiger partial charge in [0.15, 0.2) is 0 Å². The number of nitrogens with zero attached hydrogens (tertiary/aromatic N) is 2. The van der Waals surface area contributed by atoms with Crippen molar-refractivity contribution in [3.63, 3.8) is 0 Å². The molecule has 1 aromatic carbocycles. The van der Waals surface area contributed by atoms with E-state index in [4.69, 9.17) is 4.74 Å². The van der Waals surface area contributed by atoms with Crippen LogP contribution in [0, 0.1) is 0 Å². The number of hydrogen-bond acceptors (Lipinski definition) is 5. The van der Waals surface area contributed by atoms with Gasteiger partial charge in [-0.15, -0.1) is 11.3 Å². The molecule has 3 aromatic rings. The maximum absolute atomic E-state index is 13.2. The zero-order chi connectivity index (χ0) is 20.0. The van der Waals surface area contributed by atoms with Crippen LogP contribution >= 0.6 is 11.3 Å². The maximum Gasteiger partial charge on any atom is 0.345 e. The topological polar surface area (TPSA) is 79.7 Å². The molecule has 1 N–H and O–H groups in total. The van der Waals surface area contributed by atoms with Crippen LogP contribution in [0.1, 0.15) is 43.3 Å². The SMILES string of the molecule is O=C(O)c1cc2c(s1)CCOC21CCN(C(=O)c2cccc3cnccc23)CC1. The summed E-state index contributed by atoms with van der Waals surface area (Å²) in [4.78, 5) is 32.1. The van der Waals surface area contributed by atoms with E-state index in [1.165, 1.54) is 11.3 Å². The molecule has 1 amide bonds. The second kappa shape index (κ2) is 6.93. The number of ether oxygens (including phenoxy) is 1. The number of hydrogen-bond donors (Lipinski definition) is 1. The molecular weight excluding hydrogens is 388 g/mol. The van der Waals surface area contributed by atoms with E-state index in [2.05, 4.69) is 4.98 Å². The standard InChI is InChI=1S/C22H20N2O4S/c25-20(16-3-1-2-14-13-23-8-4-15(14)16)24-9-6-22(7-10-24)17-12-19(21(26)27)29-18(17)5-11-28-22/h1-4,8,12-13H,5-7,9-11H2,(H,26,27). The number of pyridine rings is 1. The summed E-state index contributed by atoms with van der Waals surface area (Å²) in [6.07, 6.45) is 5.58. The van der Waals surface area contributed by atoms with Crippen LogP contribution in [0.3, 0.4) is 0 Å². The Morgan fingerprint density at radius 1 is 1.21 bits per heavy atom. The average Bonchev–Trinajstić information content (AvgIpc) is 3.20. The lowest BCUT2D eigenvalue weighted by Crippen LogP contribution is -2.48. The molecule has 0 unspecified atom stereocenters. The number of aromatic nitrogens is 1. The van der Waals surface area contributed by atoms with Crippen molar-refractivity contribution in [1.82, 2.24) is 9.88 Å². The predicted octanol–water partition coefficient (Wildman–Crippen LogP) is 3.70. The highest BCUT2D eigenvalue weighted by atomic mass is 32.1. The number of thiophene rings is 1. The summed E-state index contributed by atoms with van der Waals surface area (Å²) in [6.45, 7) is 1.76. The molecule has 1 saturated heterocycles. The summed E-state index contributed by atoms with van der Waals surface area (Å²) in [6, 6.07) is 9.36. The number of amides is 1. The number of carboxylic acids is 1. The highest BCUT2D eigenvalue weighted by Crippen LogP contribution is 2.44. The van der Waals surface area contributed by atoms with Crippen molar-refractivity contribution in [2.24, 2.45) is 0 Å². The van der Waals surface area contributed by atoms with E-state index in [-0.39, 0.29) is 5.91 Å². The van der Waals surface area contributed by atoms with Gasteiger partial charge in [0.25, 0.3) is 5.91 Å². The van der Waals surface area contributed by atoms with Crippen molar-refractivity contribution in [1.29, 1.82) is 0 Å². The number of carbonyl (C=O) groups excluding carboxylic acids is 1. The smallest absolute Gasteiger partial charge is 0.345 e. The quantitative estimate of drug-likeness (QED) is 0.699. The molecular formula is C22H20N2O4S. The minimum Gasteiger partial charge on any atom is -0.477 e. The molecule has 5 rings (SSSR count). The molecule has 2 aromatic heterocycles. The number of benzene rings is 1. The largest absolute Gasteiger partial charge is 0.477 e. The number of fused-ring (bicyclic) bond motifs is 3. The van der Waals surface area contributed by atoms with Crippen LogP contribution in [-0.2, 0) is 16.8 Å². The fourth-order valence-electron chi connectivity index (χ4n) is 4.49. The van der Waals surface area contributed by atoms with Crippen molar-refractivity contribution < 1.29 is 19.4 Å². The Balaban J connectivity index is 1.40. The molecule has 29 heavy (non-hydrogen) atoms. The van der Waals surface area contributed by atoms with Gasteiger partial charge in [0.1, 0.15) is 4.88 Å². The van der Waals surface area contributed by atoms with Crippen LogP contribution in [0.4, 0.5) is 0 Å². The molecule has 2 aliphatic heterocycles. The van der Waals surface area contributed by atoms with Gasteiger partial charge in [-0.2, -0.15) is 0 Å². The minimum absolute atomic E-state index is 0.0178. The van der Waals surface area contributed by atoms with Gasteiger partial charge in [-0.05, 0) is 42.0 Å². The molecule has 2 aliphatic rings. The minimum atomic E-state index is -0.891. The fourth-order valence-corrected chi connectivity index (χ4v) is 5.56. The summed E-state index contributed by atoms with van der Waals surface area (Å²) >= 11 is 1.35. The van der Waals surface area contributed by atoms with Crippen molar-refractivity contribution >= 4 is 34.0 Å². The van der Waals surface area contributed by atoms with Crippen LogP contribution in [0.25, 0.3) is 10.8 Å². The predicted molar refractivity (Wildman–Crippen MR) is 109 cm³/mol. The Hall–Kier alpha value is -2.77. The van der Waals surface area contributed by atoms with Gasteiger partial charge in [0.05, 0.1) is 12.2 Å². The number of aromatic carboxylic acids is 1. The summed E-state index contributed by atoms with van der Waals surface area (Å²) in [5.41, 5.74) is 1.22. The Morgan fingerprint density at radius 2 is 2.03 bits per heavy atom. The zero-order valence-corrected chi connectivity index (χ0v) is 16.6. The van der Waals surface area contributed by atoms with Gasteiger partial charge < -0.3 is 14.7 Å². The van der Waals surface area contributed by atoms with E-state index in [9.17, 15) is 14.7 Å². The van der Waals surface area contributed by atoms with E-state index >= 15 is 0 Å². The van der Waals surface area contributed by atoms with E-state index in [1.807, 2.05) is 29.2 Å². The molecule has 6 nitrogen and oxygen atoms in total. The van der Waals surface area contributed by atoms with Crippen molar-refractivity contribution in [3.8, 4) is 0 Å². The lowest BCUT2D eigenvalue weighted by molar-refractivity contribution is -0.0926. The van der Waals surface area contributed by atoms with Gasteiger partial charge in [0.2, 0.25) is 0 Å². The van der Waals surface area contributed by atoms with Crippen molar-refractivity contribution in [3.05, 3.63) is 63.6 Å². The molecule has 148 valence electrons. The number of piperidine rings is 1. The highest BCUT2D eigenvalue weighted by molar-refractivity contribution is 7.14. The van der Waals surface area contributed by atoms with E-state index < -0.39 is 11.6 Å². The zero-order valence-electron chi connectivity index (χ0n) is 15.8. The lowest BCUT2D eigenvalue weighted by Gasteiger charge is -2.44. The van der Waals surface area contributed by atoms with Crippen LogP contribution in [0.2, 0.25) is 0 Å². The van der Waals surface area contributed by atoms with Gasteiger partial charge in [-0.3, -0.25) is 9.78 Å². The van der Waals surface area contributed by atoms with Crippen LogP contribution in [0.15, 0.2) is 42.7 Å². The summed E-state index contributed by atoms with van der Waals surface area (Å²) in [7, 11) is 0. The third-order valence-corrected chi connectivity index (χ3v) is 7.17. The second-order valence-corrected chi connectivity index (χ2v) is 8.68. The van der Waals surface area contributed by atoms with Gasteiger partial charge in [-0.25, -0.2) is 4.79 Å². The monoisotopic (exact) mass is 408 g/mol. The molecule has 1 fully saturated rings. The Bertz CT molecular complexity index is 1110. The first-order valence-electron chi connectivity index (χ1n) is 9.70. The molecule has 7 heteroatoms. The Morgan fingerprint density at radius 3 is 2.83 bits per heavy atom. The Kier molecular flexibility index (Phi) is 4.37. The first-order valence-corrected chi connectivity index (χ1v) is 10.5. The van der Waals surface area contributed by atoms with Crippen molar-refractivity contribution in [2.45, 2.75) is 24.9 Å². The summed E-state index contributed by atoms with van der Waals surface area (Å²) in [5, 5.41) is 11.2. The highest BCUT2D eigenvalue weighted by Gasteiger charge is 2.43. The molecule has 0 aliphatic carbocycles. The maximum atomic E-state index is 13.2. The lowest BCUT2D eigenvalue weighted by atomic mass is 9.82. The first kappa shape index (κ1) is 18.3. The Labute approximate surface area is 171 Å². The van der Waals surface area contributed by atoms with Crippen LogP contribution in [-0.4, -0.2) is 46.6 Å². The molecule has 0 atom stereocenters. The average molecular weight is 408 g/mol. The van der Waals surface area contributed by atoms with Gasteiger partial charge in [0, 0.05) is 47.7 Å². The molecule has 0 saturated carbocycles. The number of carbonyl (C=O) groups is 2. The van der Waals surface area contributed by atoms with Gasteiger partial charge in [-0.1, -0.05) is 12.1 Å². The molecule has 0 radical (unpaired) electrons.